The molecule has 0 saturated carbocycles. The van der Waals surface area contributed by atoms with Gasteiger partial charge in [0.05, 0.1) is 11.8 Å². The van der Waals surface area contributed by atoms with Crippen molar-refractivity contribution in [3.8, 4) is 0 Å². The van der Waals surface area contributed by atoms with Crippen molar-refractivity contribution in [1.82, 2.24) is 0 Å². The maximum atomic E-state index is 11.7. The number of cyclic esters (lactones) is 1. The van der Waals surface area contributed by atoms with Gasteiger partial charge in [-0.2, -0.15) is 0 Å². The SMILES string of the molecule is O=C(/C=C/c1ccco1)Nc1ccc2c(c1)COC2=O. The number of fused-ring (bicyclic) bond motifs is 1. The van der Waals surface area contributed by atoms with Crippen LogP contribution < -0.4 is 5.32 Å². The highest BCUT2D eigenvalue weighted by molar-refractivity contribution is 6.02. The van der Waals surface area contributed by atoms with E-state index in [4.69, 9.17) is 9.15 Å². The summed E-state index contributed by atoms with van der Waals surface area (Å²) in [6.07, 6.45) is 4.50. The van der Waals surface area contributed by atoms with Crippen molar-refractivity contribution >= 4 is 23.6 Å². The van der Waals surface area contributed by atoms with Crippen molar-refractivity contribution in [3.05, 3.63) is 59.6 Å². The number of anilines is 1. The number of rotatable bonds is 3. The van der Waals surface area contributed by atoms with Crippen LogP contribution >= 0.6 is 0 Å². The predicted molar refractivity (Wildman–Crippen MR) is 71.9 cm³/mol. The molecule has 0 aliphatic carbocycles. The molecule has 20 heavy (non-hydrogen) atoms. The Balaban J connectivity index is 1.69. The van der Waals surface area contributed by atoms with E-state index < -0.39 is 0 Å². The lowest BCUT2D eigenvalue weighted by Gasteiger charge is -2.03. The van der Waals surface area contributed by atoms with Gasteiger partial charge in [0.25, 0.3) is 0 Å². The van der Waals surface area contributed by atoms with Gasteiger partial charge in [-0.25, -0.2) is 4.79 Å². The Kier molecular flexibility index (Phi) is 3.09. The number of hydrogen-bond donors (Lipinski definition) is 1. The van der Waals surface area contributed by atoms with E-state index in [-0.39, 0.29) is 18.5 Å². The topological polar surface area (TPSA) is 68.5 Å². The number of ether oxygens (including phenoxy) is 1. The smallest absolute Gasteiger partial charge is 0.338 e. The first-order chi connectivity index (χ1) is 9.72. The Labute approximate surface area is 114 Å². The van der Waals surface area contributed by atoms with Gasteiger partial charge in [0.2, 0.25) is 5.91 Å². The summed E-state index contributed by atoms with van der Waals surface area (Å²) in [5, 5.41) is 2.71. The first-order valence-corrected chi connectivity index (χ1v) is 6.05. The monoisotopic (exact) mass is 269 g/mol. The quantitative estimate of drug-likeness (QED) is 0.687. The summed E-state index contributed by atoms with van der Waals surface area (Å²) in [6, 6.07) is 8.55. The zero-order valence-electron chi connectivity index (χ0n) is 10.5. The summed E-state index contributed by atoms with van der Waals surface area (Å²) in [6.45, 7) is 0.250. The van der Waals surface area contributed by atoms with Crippen LogP contribution in [0.3, 0.4) is 0 Å². The molecule has 1 N–H and O–H groups in total. The Morgan fingerprint density at radius 3 is 3.00 bits per heavy atom. The van der Waals surface area contributed by atoms with Crippen molar-refractivity contribution in [3.63, 3.8) is 0 Å². The van der Waals surface area contributed by atoms with Crippen LogP contribution in [0, 0.1) is 0 Å². The highest BCUT2D eigenvalue weighted by Gasteiger charge is 2.20. The van der Waals surface area contributed by atoms with E-state index >= 15 is 0 Å². The Morgan fingerprint density at radius 1 is 1.30 bits per heavy atom. The van der Waals surface area contributed by atoms with E-state index in [1.165, 1.54) is 12.3 Å². The summed E-state index contributed by atoms with van der Waals surface area (Å²) in [7, 11) is 0. The Hall–Kier alpha value is -2.82. The molecule has 0 radical (unpaired) electrons. The molecule has 0 atom stereocenters. The molecule has 5 heteroatoms. The average molecular weight is 269 g/mol. The standard InChI is InChI=1S/C15H11NO4/c17-14(6-4-12-2-1-7-19-12)16-11-3-5-13-10(8-11)9-20-15(13)18/h1-8H,9H2,(H,16,17)/b6-4+. The predicted octanol–water partition coefficient (Wildman–Crippen LogP) is 2.60. The molecule has 0 unspecified atom stereocenters. The molecule has 0 spiro atoms. The molecule has 2 aromatic rings. The highest BCUT2D eigenvalue weighted by atomic mass is 16.5. The number of carbonyl (C=O) groups excluding carboxylic acids is 2. The molecular formula is C15H11NO4. The fraction of sp³-hybridized carbons (Fsp3) is 0.0667. The summed E-state index contributed by atoms with van der Waals surface area (Å²) >= 11 is 0. The van der Waals surface area contributed by atoms with Gasteiger partial charge >= 0.3 is 5.97 Å². The molecule has 1 aliphatic rings. The van der Waals surface area contributed by atoms with Crippen molar-refractivity contribution in [2.75, 3.05) is 5.32 Å². The van der Waals surface area contributed by atoms with Gasteiger partial charge in [-0.1, -0.05) is 0 Å². The number of benzene rings is 1. The molecule has 0 bridgehead atoms. The van der Waals surface area contributed by atoms with Crippen LogP contribution in [0.2, 0.25) is 0 Å². The highest BCUT2D eigenvalue weighted by Crippen LogP contribution is 2.23. The first-order valence-electron chi connectivity index (χ1n) is 6.05. The third-order valence-electron chi connectivity index (χ3n) is 2.89. The van der Waals surface area contributed by atoms with Gasteiger partial charge in [0.1, 0.15) is 12.4 Å². The van der Waals surface area contributed by atoms with E-state index in [0.29, 0.717) is 17.0 Å². The summed E-state index contributed by atoms with van der Waals surface area (Å²) in [5.74, 6) is 0.00952. The van der Waals surface area contributed by atoms with Crippen LogP contribution in [-0.2, 0) is 16.1 Å². The lowest BCUT2D eigenvalue weighted by molar-refractivity contribution is -0.111. The van der Waals surface area contributed by atoms with Gasteiger partial charge in [-0.05, 0) is 36.4 Å². The van der Waals surface area contributed by atoms with Crippen molar-refractivity contribution in [2.24, 2.45) is 0 Å². The van der Waals surface area contributed by atoms with E-state index in [1.54, 1.807) is 36.4 Å². The van der Waals surface area contributed by atoms with Crippen molar-refractivity contribution in [2.45, 2.75) is 6.61 Å². The molecule has 0 saturated heterocycles. The van der Waals surface area contributed by atoms with Gasteiger partial charge in [-0.3, -0.25) is 4.79 Å². The second-order valence-electron chi connectivity index (χ2n) is 4.29. The van der Waals surface area contributed by atoms with Crippen LogP contribution in [0.5, 0.6) is 0 Å². The number of carbonyl (C=O) groups is 2. The van der Waals surface area contributed by atoms with Crippen LogP contribution in [0.4, 0.5) is 5.69 Å². The lowest BCUT2D eigenvalue weighted by Crippen LogP contribution is -2.08. The molecule has 1 aliphatic heterocycles. The van der Waals surface area contributed by atoms with E-state index in [2.05, 4.69) is 5.32 Å². The maximum Gasteiger partial charge on any atom is 0.338 e. The number of nitrogens with one attached hydrogen (secondary N) is 1. The third kappa shape index (κ3) is 2.47. The Morgan fingerprint density at radius 2 is 2.20 bits per heavy atom. The normalized spacial score (nSPS) is 13.3. The fourth-order valence-electron chi connectivity index (χ4n) is 1.94. The van der Waals surface area contributed by atoms with Crippen LogP contribution in [0.1, 0.15) is 21.7 Å². The lowest BCUT2D eigenvalue weighted by atomic mass is 10.1. The van der Waals surface area contributed by atoms with E-state index in [0.717, 1.165) is 5.56 Å². The maximum absolute atomic E-state index is 11.7. The Bertz CT molecular complexity index is 686. The third-order valence-corrected chi connectivity index (χ3v) is 2.89. The second-order valence-corrected chi connectivity index (χ2v) is 4.29. The van der Waals surface area contributed by atoms with Crippen LogP contribution in [0.25, 0.3) is 6.08 Å². The van der Waals surface area contributed by atoms with Gasteiger partial charge in [0.15, 0.2) is 0 Å². The van der Waals surface area contributed by atoms with Crippen molar-refractivity contribution in [1.29, 1.82) is 0 Å². The minimum atomic E-state index is -0.324. The minimum absolute atomic E-state index is 0.250. The van der Waals surface area contributed by atoms with E-state index in [1.807, 2.05) is 0 Å². The van der Waals surface area contributed by atoms with Gasteiger partial charge in [0, 0.05) is 17.3 Å². The summed E-state index contributed by atoms with van der Waals surface area (Å²) < 4.78 is 9.99. The molecule has 1 amide bonds. The molecule has 2 heterocycles. The number of amides is 1. The number of furan rings is 1. The minimum Gasteiger partial charge on any atom is -0.465 e. The average Bonchev–Trinajstić information content (AvgIpc) is 3.07. The molecule has 1 aromatic heterocycles. The number of esters is 1. The molecule has 3 rings (SSSR count). The van der Waals surface area contributed by atoms with Crippen LogP contribution in [0.15, 0.2) is 47.1 Å². The molecule has 100 valence electrons. The molecular weight excluding hydrogens is 258 g/mol. The van der Waals surface area contributed by atoms with Gasteiger partial charge < -0.3 is 14.5 Å². The second kappa shape index (κ2) is 5.05. The van der Waals surface area contributed by atoms with E-state index in [9.17, 15) is 9.59 Å². The molecule has 0 fully saturated rings. The zero-order chi connectivity index (χ0) is 13.9. The number of hydrogen-bond acceptors (Lipinski definition) is 4. The summed E-state index contributed by atoms with van der Waals surface area (Å²) in [4.78, 5) is 23.0. The first kappa shape index (κ1) is 12.2. The largest absolute Gasteiger partial charge is 0.465 e. The van der Waals surface area contributed by atoms with Crippen LogP contribution in [-0.4, -0.2) is 11.9 Å². The van der Waals surface area contributed by atoms with Gasteiger partial charge in [-0.15, -0.1) is 0 Å². The fourth-order valence-corrected chi connectivity index (χ4v) is 1.94. The molecule has 5 nitrogen and oxygen atoms in total. The molecule has 1 aromatic carbocycles. The zero-order valence-corrected chi connectivity index (χ0v) is 10.5. The van der Waals surface area contributed by atoms with Crippen molar-refractivity contribution < 1.29 is 18.7 Å². The summed E-state index contributed by atoms with van der Waals surface area (Å²) in [5.41, 5.74) is 1.95.